The molecule has 16 heavy (non-hydrogen) atoms. The molecule has 1 rings (SSSR count). The van der Waals surface area contributed by atoms with Crippen molar-refractivity contribution >= 4 is 11.8 Å². The van der Waals surface area contributed by atoms with Crippen LogP contribution in [-0.4, -0.2) is 11.8 Å². The molecule has 0 heterocycles. The van der Waals surface area contributed by atoms with E-state index in [4.69, 9.17) is 5.73 Å². The summed E-state index contributed by atoms with van der Waals surface area (Å²) in [5, 5.41) is 0. The van der Waals surface area contributed by atoms with Crippen LogP contribution in [0, 0.1) is 6.92 Å². The average Bonchev–Trinajstić information content (AvgIpc) is 2.25. The van der Waals surface area contributed by atoms with E-state index < -0.39 is 0 Å². The summed E-state index contributed by atoms with van der Waals surface area (Å²) in [6.45, 7) is 4.27. The Morgan fingerprint density at radius 1 is 1.25 bits per heavy atom. The summed E-state index contributed by atoms with van der Waals surface area (Å²) >= 11 is 2.03. The zero-order valence-corrected chi connectivity index (χ0v) is 11.2. The quantitative estimate of drug-likeness (QED) is 0.731. The molecule has 1 unspecified atom stereocenters. The maximum Gasteiger partial charge on any atom is 0.0187 e. The molecule has 0 saturated heterocycles. The van der Waals surface area contributed by atoms with Crippen LogP contribution in [0.3, 0.4) is 0 Å². The molecule has 0 aliphatic rings. The molecule has 0 bridgehead atoms. The normalized spacial score (nSPS) is 12.7. The molecule has 0 saturated carbocycles. The van der Waals surface area contributed by atoms with Gasteiger partial charge in [-0.3, -0.25) is 0 Å². The largest absolute Gasteiger partial charge is 0.328 e. The summed E-state index contributed by atoms with van der Waals surface area (Å²) in [5.41, 5.74) is 8.59. The summed E-state index contributed by atoms with van der Waals surface area (Å²) in [4.78, 5) is 0. The minimum absolute atomic E-state index is 0.362. The maximum atomic E-state index is 5.71. The molecule has 1 atom stereocenters. The highest BCUT2D eigenvalue weighted by Crippen LogP contribution is 2.17. The van der Waals surface area contributed by atoms with Crippen LogP contribution in [0.25, 0.3) is 0 Å². The molecular weight excluding hydrogens is 214 g/mol. The maximum absolute atomic E-state index is 5.71. The molecule has 2 heteroatoms. The van der Waals surface area contributed by atoms with Crippen molar-refractivity contribution in [3.63, 3.8) is 0 Å². The SMILES string of the molecule is Cc1ccccc1CSCCCCC(C)N. The van der Waals surface area contributed by atoms with Gasteiger partial charge in [-0.05, 0) is 43.6 Å². The monoisotopic (exact) mass is 237 g/mol. The van der Waals surface area contributed by atoms with Crippen LogP contribution in [0.4, 0.5) is 0 Å². The molecule has 2 N–H and O–H groups in total. The number of benzene rings is 1. The fraction of sp³-hybridized carbons (Fsp3) is 0.571. The molecule has 0 aliphatic carbocycles. The van der Waals surface area contributed by atoms with Gasteiger partial charge in [-0.25, -0.2) is 0 Å². The third-order valence-corrected chi connectivity index (χ3v) is 3.81. The second kappa shape index (κ2) is 7.75. The van der Waals surface area contributed by atoms with Crippen LogP contribution in [-0.2, 0) is 5.75 Å². The van der Waals surface area contributed by atoms with E-state index >= 15 is 0 Å². The second-order valence-electron chi connectivity index (χ2n) is 4.45. The molecule has 0 amide bonds. The van der Waals surface area contributed by atoms with Gasteiger partial charge < -0.3 is 5.73 Å². The Labute approximate surface area is 104 Å². The Balaban J connectivity index is 2.10. The van der Waals surface area contributed by atoms with Crippen molar-refractivity contribution in [3.8, 4) is 0 Å². The summed E-state index contributed by atoms with van der Waals surface area (Å²) in [6, 6.07) is 9.00. The lowest BCUT2D eigenvalue weighted by molar-refractivity contribution is 0.618. The first-order valence-electron chi connectivity index (χ1n) is 6.08. The van der Waals surface area contributed by atoms with Crippen LogP contribution in [0.2, 0.25) is 0 Å². The molecule has 1 aromatic carbocycles. The Morgan fingerprint density at radius 3 is 2.69 bits per heavy atom. The lowest BCUT2D eigenvalue weighted by Crippen LogP contribution is -2.14. The van der Waals surface area contributed by atoms with E-state index in [9.17, 15) is 0 Å². The highest BCUT2D eigenvalue weighted by molar-refractivity contribution is 7.98. The van der Waals surface area contributed by atoms with E-state index in [2.05, 4.69) is 38.1 Å². The fourth-order valence-corrected chi connectivity index (χ4v) is 2.72. The number of nitrogens with two attached hydrogens (primary N) is 1. The first-order valence-corrected chi connectivity index (χ1v) is 7.23. The molecule has 90 valence electrons. The highest BCUT2D eigenvalue weighted by Gasteiger charge is 1.98. The van der Waals surface area contributed by atoms with Crippen LogP contribution in [0.5, 0.6) is 0 Å². The first-order chi connectivity index (χ1) is 7.70. The van der Waals surface area contributed by atoms with Crippen molar-refractivity contribution in [2.75, 3.05) is 5.75 Å². The number of aryl methyl sites for hydroxylation is 1. The van der Waals surface area contributed by atoms with E-state index in [1.54, 1.807) is 0 Å². The first kappa shape index (κ1) is 13.6. The molecule has 0 aromatic heterocycles. The predicted octanol–water partition coefficient (Wildman–Crippen LogP) is 3.75. The lowest BCUT2D eigenvalue weighted by atomic mass is 10.1. The van der Waals surface area contributed by atoms with Gasteiger partial charge >= 0.3 is 0 Å². The number of thioether (sulfide) groups is 1. The zero-order valence-electron chi connectivity index (χ0n) is 10.4. The molecule has 0 aliphatic heterocycles. The molecule has 0 fully saturated rings. The van der Waals surface area contributed by atoms with Gasteiger partial charge in [-0.2, -0.15) is 11.8 Å². The summed E-state index contributed by atoms with van der Waals surface area (Å²) in [5.74, 6) is 2.39. The number of hydrogen-bond donors (Lipinski definition) is 1. The van der Waals surface area contributed by atoms with Crippen LogP contribution in [0.1, 0.15) is 37.3 Å². The van der Waals surface area contributed by atoms with E-state index in [0.717, 1.165) is 12.2 Å². The molecule has 0 radical (unpaired) electrons. The predicted molar refractivity (Wildman–Crippen MR) is 74.8 cm³/mol. The van der Waals surface area contributed by atoms with Gasteiger partial charge in [0, 0.05) is 11.8 Å². The summed E-state index contributed by atoms with van der Waals surface area (Å²) < 4.78 is 0. The Bertz CT molecular complexity index is 297. The standard InChI is InChI=1S/C14H23NS/c1-12-7-3-4-9-14(12)11-16-10-6-5-8-13(2)15/h3-4,7,9,13H,5-6,8,10-11,15H2,1-2H3. The van der Waals surface area contributed by atoms with Gasteiger partial charge in [-0.15, -0.1) is 0 Å². The van der Waals surface area contributed by atoms with Gasteiger partial charge in [0.15, 0.2) is 0 Å². The minimum Gasteiger partial charge on any atom is -0.328 e. The Kier molecular flexibility index (Phi) is 6.58. The second-order valence-corrected chi connectivity index (χ2v) is 5.56. The van der Waals surface area contributed by atoms with Crippen molar-refractivity contribution < 1.29 is 0 Å². The number of unbranched alkanes of at least 4 members (excludes halogenated alkanes) is 1. The summed E-state index contributed by atoms with van der Waals surface area (Å²) in [6.07, 6.45) is 3.71. The van der Waals surface area contributed by atoms with Gasteiger partial charge in [0.05, 0.1) is 0 Å². The topological polar surface area (TPSA) is 26.0 Å². The molecule has 1 aromatic rings. The van der Waals surface area contributed by atoms with Gasteiger partial charge in [0.25, 0.3) is 0 Å². The van der Waals surface area contributed by atoms with Crippen LogP contribution < -0.4 is 5.73 Å². The summed E-state index contributed by atoms with van der Waals surface area (Å²) in [7, 11) is 0. The van der Waals surface area contributed by atoms with Crippen molar-refractivity contribution in [1.82, 2.24) is 0 Å². The zero-order chi connectivity index (χ0) is 11.8. The van der Waals surface area contributed by atoms with Crippen molar-refractivity contribution in [2.45, 2.75) is 44.9 Å². The smallest absolute Gasteiger partial charge is 0.0187 e. The third kappa shape index (κ3) is 5.57. The number of rotatable bonds is 7. The van der Waals surface area contributed by atoms with Crippen molar-refractivity contribution in [1.29, 1.82) is 0 Å². The Morgan fingerprint density at radius 2 is 2.00 bits per heavy atom. The minimum atomic E-state index is 0.362. The number of hydrogen-bond acceptors (Lipinski definition) is 2. The molecule has 1 nitrogen and oxygen atoms in total. The van der Waals surface area contributed by atoms with Crippen LogP contribution in [0.15, 0.2) is 24.3 Å². The van der Waals surface area contributed by atoms with E-state index in [0.29, 0.717) is 6.04 Å². The third-order valence-electron chi connectivity index (χ3n) is 2.72. The van der Waals surface area contributed by atoms with E-state index in [1.807, 2.05) is 11.8 Å². The van der Waals surface area contributed by atoms with E-state index in [1.165, 1.54) is 29.7 Å². The fourth-order valence-electron chi connectivity index (χ4n) is 1.62. The van der Waals surface area contributed by atoms with Crippen molar-refractivity contribution in [3.05, 3.63) is 35.4 Å². The van der Waals surface area contributed by atoms with Gasteiger partial charge in [-0.1, -0.05) is 30.7 Å². The van der Waals surface area contributed by atoms with Crippen LogP contribution >= 0.6 is 11.8 Å². The van der Waals surface area contributed by atoms with E-state index in [-0.39, 0.29) is 0 Å². The molecular formula is C14H23NS. The highest BCUT2D eigenvalue weighted by atomic mass is 32.2. The Hall–Kier alpha value is -0.470. The van der Waals surface area contributed by atoms with Gasteiger partial charge in [0.1, 0.15) is 0 Å². The average molecular weight is 237 g/mol. The lowest BCUT2D eigenvalue weighted by Gasteiger charge is -2.06. The van der Waals surface area contributed by atoms with Crippen molar-refractivity contribution in [2.24, 2.45) is 5.73 Å². The van der Waals surface area contributed by atoms with Gasteiger partial charge in [0.2, 0.25) is 0 Å². The molecule has 0 spiro atoms.